The van der Waals surface area contributed by atoms with E-state index in [1.54, 1.807) is 6.20 Å². The molecule has 0 aliphatic rings. The first-order valence-electron chi connectivity index (χ1n) is 10.2. The van der Waals surface area contributed by atoms with Crippen molar-refractivity contribution in [2.45, 2.75) is 26.3 Å². The van der Waals surface area contributed by atoms with Crippen molar-refractivity contribution in [1.29, 1.82) is 0 Å². The van der Waals surface area contributed by atoms with Crippen LogP contribution in [0.15, 0.2) is 73.1 Å². The molecule has 6 heteroatoms. The van der Waals surface area contributed by atoms with Gasteiger partial charge in [0.05, 0.1) is 17.8 Å². The van der Waals surface area contributed by atoms with Gasteiger partial charge in [0.15, 0.2) is 0 Å². The summed E-state index contributed by atoms with van der Waals surface area (Å²) < 4.78 is 0. The summed E-state index contributed by atoms with van der Waals surface area (Å²) in [5.74, 6) is 0.325. The third-order valence-corrected chi connectivity index (χ3v) is 5.44. The Balaban J connectivity index is 1.71. The van der Waals surface area contributed by atoms with Crippen LogP contribution in [0.3, 0.4) is 0 Å². The third-order valence-electron chi connectivity index (χ3n) is 5.44. The van der Waals surface area contributed by atoms with Gasteiger partial charge in [0, 0.05) is 11.9 Å². The second-order valence-electron chi connectivity index (χ2n) is 7.64. The molecule has 0 bridgehead atoms. The summed E-state index contributed by atoms with van der Waals surface area (Å²) in [6.45, 7) is 3.98. The molecular formula is C25H25N5O. The summed E-state index contributed by atoms with van der Waals surface area (Å²) >= 11 is 0. The number of carbonyl (C=O) groups excluding carboxylic acids is 1. The van der Waals surface area contributed by atoms with Crippen molar-refractivity contribution in [3.8, 4) is 11.1 Å². The minimum atomic E-state index is -0.242. The first-order valence-corrected chi connectivity index (χ1v) is 10.2. The van der Waals surface area contributed by atoms with Crippen LogP contribution >= 0.6 is 0 Å². The molecule has 31 heavy (non-hydrogen) atoms. The maximum atomic E-state index is 12.9. The standard InChI is InChI=1S/C25H25N5O/c1-16-11-24(26)29-17(2)22(16)13-23(30-25(31)21-14-27-28-15-21)20-10-6-9-19(12-20)18-7-4-3-5-8-18/h3-12,14-15,23H,13H2,1-2H3,(H2,26,29)(H,27,28)(H,30,31). The minimum Gasteiger partial charge on any atom is -0.384 e. The average molecular weight is 412 g/mol. The smallest absolute Gasteiger partial charge is 0.254 e. The van der Waals surface area contributed by atoms with E-state index in [1.807, 2.05) is 50.2 Å². The molecule has 0 saturated heterocycles. The number of nitrogens with two attached hydrogens (primary N) is 1. The highest BCUT2D eigenvalue weighted by Gasteiger charge is 2.20. The van der Waals surface area contributed by atoms with Crippen molar-refractivity contribution in [2.75, 3.05) is 5.73 Å². The topological polar surface area (TPSA) is 96.7 Å². The van der Waals surface area contributed by atoms with Gasteiger partial charge >= 0.3 is 0 Å². The molecule has 0 radical (unpaired) electrons. The van der Waals surface area contributed by atoms with Gasteiger partial charge < -0.3 is 11.1 Å². The van der Waals surface area contributed by atoms with Gasteiger partial charge in [0.1, 0.15) is 5.82 Å². The van der Waals surface area contributed by atoms with E-state index in [4.69, 9.17) is 5.73 Å². The zero-order valence-corrected chi connectivity index (χ0v) is 17.6. The lowest BCUT2D eigenvalue weighted by molar-refractivity contribution is 0.0936. The number of H-pyrrole nitrogens is 1. The molecule has 4 aromatic rings. The van der Waals surface area contributed by atoms with Crippen LogP contribution in [0.5, 0.6) is 0 Å². The van der Waals surface area contributed by atoms with Gasteiger partial charge in [0.2, 0.25) is 0 Å². The zero-order chi connectivity index (χ0) is 21.8. The Morgan fingerprint density at radius 1 is 1.06 bits per heavy atom. The largest absolute Gasteiger partial charge is 0.384 e. The van der Waals surface area contributed by atoms with E-state index in [-0.39, 0.29) is 11.9 Å². The fourth-order valence-electron chi connectivity index (χ4n) is 3.83. The summed E-state index contributed by atoms with van der Waals surface area (Å²) in [6, 6.07) is 20.1. The average Bonchev–Trinajstić information content (AvgIpc) is 3.31. The summed E-state index contributed by atoms with van der Waals surface area (Å²) in [6.07, 6.45) is 3.72. The van der Waals surface area contributed by atoms with Gasteiger partial charge in [0.25, 0.3) is 5.91 Å². The van der Waals surface area contributed by atoms with Gasteiger partial charge in [-0.3, -0.25) is 9.89 Å². The summed E-state index contributed by atoms with van der Waals surface area (Å²) in [5, 5.41) is 9.76. The summed E-state index contributed by atoms with van der Waals surface area (Å²) in [7, 11) is 0. The Morgan fingerprint density at radius 3 is 2.55 bits per heavy atom. The number of nitrogens with one attached hydrogen (secondary N) is 2. The number of aryl methyl sites for hydroxylation is 2. The molecule has 0 aliphatic heterocycles. The molecule has 0 saturated carbocycles. The number of anilines is 1. The number of hydrogen-bond donors (Lipinski definition) is 3. The lowest BCUT2D eigenvalue weighted by atomic mass is 9.93. The van der Waals surface area contributed by atoms with Crippen LogP contribution in [0.4, 0.5) is 5.82 Å². The Bertz CT molecular complexity index is 1160. The molecule has 1 amide bonds. The Kier molecular flexibility index (Phi) is 5.80. The second-order valence-corrected chi connectivity index (χ2v) is 7.64. The number of aromatic amines is 1. The van der Waals surface area contributed by atoms with Crippen LogP contribution < -0.4 is 11.1 Å². The monoisotopic (exact) mass is 411 g/mol. The third kappa shape index (κ3) is 4.64. The molecule has 1 atom stereocenters. The first-order chi connectivity index (χ1) is 15.0. The normalized spacial score (nSPS) is 11.8. The Hall–Kier alpha value is -3.93. The van der Waals surface area contributed by atoms with Crippen LogP contribution in [0, 0.1) is 13.8 Å². The lowest BCUT2D eigenvalue weighted by Gasteiger charge is -2.22. The molecular weight excluding hydrogens is 386 g/mol. The van der Waals surface area contributed by atoms with E-state index >= 15 is 0 Å². The van der Waals surface area contributed by atoms with Crippen LogP contribution in [0.1, 0.15) is 38.8 Å². The highest BCUT2D eigenvalue weighted by atomic mass is 16.1. The molecule has 0 spiro atoms. The van der Waals surface area contributed by atoms with E-state index in [1.165, 1.54) is 6.20 Å². The van der Waals surface area contributed by atoms with Gasteiger partial charge in [-0.15, -0.1) is 0 Å². The number of pyridine rings is 1. The molecule has 2 aromatic heterocycles. The van der Waals surface area contributed by atoms with E-state index in [9.17, 15) is 4.79 Å². The zero-order valence-electron chi connectivity index (χ0n) is 17.6. The van der Waals surface area contributed by atoms with E-state index in [0.29, 0.717) is 17.8 Å². The van der Waals surface area contributed by atoms with Gasteiger partial charge in [-0.2, -0.15) is 5.10 Å². The van der Waals surface area contributed by atoms with E-state index < -0.39 is 0 Å². The number of amides is 1. The molecule has 0 fully saturated rings. The molecule has 0 aliphatic carbocycles. The molecule has 6 nitrogen and oxygen atoms in total. The molecule has 2 aromatic carbocycles. The number of aromatic nitrogens is 3. The molecule has 156 valence electrons. The fourth-order valence-corrected chi connectivity index (χ4v) is 3.83. The lowest BCUT2D eigenvalue weighted by Crippen LogP contribution is -2.30. The molecule has 2 heterocycles. The highest BCUT2D eigenvalue weighted by molar-refractivity contribution is 5.94. The predicted molar refractivity (Wildman–Crippen MR) is 123 cm³/mol. The number of rotatable bonds is 6. The first kappa shape index (κ1) is 20.3. The van der Waals surface area contributed by atoms with Crippen LogP contribution in [0.25, 0.3) is 11.1 Å². The minimum absolute atomic E-state index is 0.178. The van der Waals surface area contributed by atoms with Gasteiger partial charge in [-0.25, -0.2) is 4.98 Å². The van der Waals surface area contributed by atoms with Gasteiger partial charge in [-0.05, 0) is 60.2 Å². The van der Waals surface area contributed by atoms with Gasteiger partial charge in [-0.1, -0.05) is 48.5 Å². The molecule has 1 unspecified atom stereocenters. The van der Waals surface area contributed by atoms with Crippen LogP contribution in [-0.4, -0.2) is 21.1 Å². The van der Waals surface area contributed by atoms with Crippen molar-refractivity contribution < 1.29 is 4.79 Å². The van der Waals surface area contributed by atoms with Crippen LogP contribution in [-0.2, 0) is 6.42 Å². The number of benzene rings is 2. The number of hydrogen-bond acceptors (Lipinski definition) is 4. The van der Waals surface area contributed by atoms with Crippen molar-refractivity contribution in [2.24, 2.45) is 0 Å². The van der Waals surface area contributed by atoms with Crippen molar-refractivity contribution >= 4 is 11.7 Å². The Labute approximate surface area is 181 Å². The number of nitrogen functional groups attached to an aromatic ring is 1. The Morgan fingerprint density at radius 2 is 1.84 bits per heavy atom. The maximum Gasteiger partial charge on any atom is 0.254 e. The highest BCUT2D eigenvalue weighted by Crippen LogP contribution is 2.27. The van der Waals surface area contributed by atoms with Crippen molar-refractivity contribution in [3.63, 3.8) is 0 Å². The summed E-state index contributed by atoms with van der Waals surface area (Å²) in [5.41, 5.74) is 12.7. The summed E-state index contributed by atoms with van der Waals surface area (Å²) in [4.78, 5) is 17.3. The molecule has 4 rings (SSSR count). The maximum absolute atomic E-state index is 12.9. The fraction of sp³-hybridized carbons (Fsp3) is 0.160. The quantitative estimate of drug-likeness (QED) is 0.438. The second kappa shape index (κ2) is 8.83. The predicted octanol–water partition coefficient (Wildman–Crippen LogP) is 4.38. The number of nitrogens with zero attached hydrogens (tertiary/aromatic N) is 2. The van der Waals surface area contributed by atoms with Crippen molar-refractivity contribution in [1.82, 2.24) is 20.5 Å². The van der Waals surface area contributed by atoms with E-state index in [2.05, 4.69) is 44.8 Å². The molecule has 4 N–H and O–H groups in total. The number of carbonyl (C=O) groups is 1. The van der Waals surface area contributed by atoms with Crippen molar-refractivity contribution in [3.05, 3.63) is 101 Å². The van der Waals surface area contributed by atoms with E-state index in [0.717, 1.165) is 33.5 Å². The van der Waals surface area contributed by atoms with Crippen LogP contribution in [0.2, 0.25) is 0 Å². The SMILES string of the molecule is Cc1cc(N)nc(C)c1CC(NC(=O)c1cn[nH]c1)c1cccc(-c2ccccc2)c1.